The highest BCUT2D eigenvalue weighted by Gasteiger charge is 2.38. The molecule has 1 heterocycles. The zero-order chi connectivity index (χ0) is 15.6. The van der Waals surface area contributed by atoms with Gasteiger partial charge in [0.1, 0.15) is 10.8 Å². The van der Waals surface area contributed by atoms with Gasteiger partial charge in [-0.2, -0.15) is 0 Å². The van der Waals surface area contributed by atoms with Crippen molar-refractivity contribution in [2.75, 3.05) is 7.11 Å². The van der Waals surface area contributed by atoms with Crippen LogP contribution in [0.2, 0.25) is 0 Å². The predicted molar refractivity (Wildman–Crippen MR) is 85.9 cm³/mol. The van der Waals surface area contributed by atoms with E-state index in [4.69, 9.17) is 9.84 Å². The normalized spacial score (nSPS) is 17.1. The number of hydrogen-bond donors (Lipinski definition) is 1. The average molecular weight is 317 g/mol. The van der Waals surface area contributed by atoms with Crippen LogP contribution < -0.4 is 4.74 Å². The van der Waals surface area contributed by atoms with Crippen molar-refractivity contribution in [3.63, 3.8) is 0 Å². The maximum Gasteiger partial charge on any atom is 0.355 e. The highest BCUT2D eigenvalue weighted by molar-refractivity contribution is 7.10. The van der Waals surface area contributed by atoms with Crippen molar-refractivity contribution in [3.8, 4) is 5.75 Å². The van der Waals surface area contributed by atoms with Crippen molar-refractivity contribution in [1.29, 1.82) is 0 Å². The zero-order valence-corrected chi connectivity index (χ0v) is 13.4. The van der Waals surface area contributed by atoms with Crippen LogP contribution in [0.3, 0.4) is 0 Å². The fraction of sp³-hybridized carbons (Fsp3) is 0.412. The predicted octanol–water partition coefficient (Wildman–Crippen LogP) is 4.10. The number of aromatic nitrogens is 1. The molecule has 0 radical (unpaired) electrons. The first-order valence-electron chi connectivity index (χ1n) is 7.49. The Bertz CT molecular complexity index is 657. The first kappa shape index (κ1) is 15.0. The smallest absolute Gasteiger partial charge is 0.355 e. The third-order valence-corrected chi connectivity index (χ3v) is 5.53. The Balaban J connectivity index is 2.04. The molecule has 1 fully saturated rings. The van der Waals surface area contributed by atoms with Crippen LogP contribution in [0.25, 0.3) is 0 Å². The molecule has 0 unspecified atom stereocenters. The molecule has 4 nitrogen and oxygen atoms in total. The van der Waals surface area contributed by atoms with Gasteiger partial charge in [0.15, 0.2) is 5.69 Å². The van der Waals surface area contributed by atoms with Crippen molar-refractivity contribution in [1.82, 2.24) is 4.98 Å². The SMILES string of the molecule is COc1ccc(C2(c3nc(C(=O)O)cs3)CCCCC2)cc1. The van der Waals surface area contributed by atoms with Crippen LogP contribution in [-0.4, -0.2) is 23.2 Å². The Morgan fingerprint density at radius 1 is 1.23 bits per heavy atom. The van der Waals surface area contributed by atoms with E-state index < -0.39 is 5.97 Å². The molecule has 0 saturated heterocycles. The molecule has 0 spiro atoms. The van der Waals surface area contributed by atoms with Crippen LogP contribution in [0.1, 0.15) is 53.2 Å². The molecule has 3 rings (SSSR count). The van der Waals surface area contributed by atoms with E-state index in [-0.39, 0.29) is 11.1 Å². The summed E-state index contributed by atoms with van der Waals surface area (Å²) in [6.07, 6.45) is 5.56. The van der Waals surface area contributed by atoms with Crippen LogP contribution in [0.4, 0.5) is 0 Å². The fourth-order valence-corrected chi connectivity index (χ4v) is 4.36. The molecule has 0 amide bonds. The zero-order valence-electron chi connectivity index (χ0n) is 12.5. The minimum atomic E-state index is -0.955. The van der Waals surface area contributed by atoms with Crippen molar-refractivity contribution in [2.45, 2.75) is 37.5 Å². The number of nitrogens with zero attached hydrogens (tertiary/aromatic N) is 1. The Kier molecular flexibility index (Phi) is 4.16. The van der Waals surface area contributed by atoms with Gasteiger partial charge in [0.25, 0.3) is 0 Å². The van der Waals surface area contributed by atoms with Crippen molar-refractivity contribution in [2.24, 2.45) is 0 Å². The summed E-state index contributed by atoms with van der Waals surface area (Å²) in [5.74, 6) is -0.122. The molecule has 1 aliphatic rings. The van der Waals surface area contributed by atoms with E-state index in [1.807, 2.05) is 12.1 Å². The standard InChI is InChI=1S/C17H19NO3S/c1-21-13-7-5-12(6-8-13)17(9-3-2-4-10-17)16-18-14(11-22-16)15(19)20/h5-8,11H,2-4,9-10H2,1H3,(H,19,20). The lowest BCUT2D eigenvalue weighted by atomic mass is 9.70. The number of carboxylic acid groups (broad SMARTS) is 1. The number of hydrogen-bond acceptors (Lipinski definition) is 4. The number of thiazole rings is 1. The summed E-state index contributed by atoms with van der Waals surface area (Å²) >= 11 is 1.46. The van der Waals surface area contributed by atoms with E-state index in [0.29, 0.717) is 0 Å². The van der Waals surface area contributed by atoms with E-state index in [2.05, 4.69) is 17.1 Å². The summed E-state index contributed by atoms with van der Waals surface area (Å²) < 4.78 is 5.24. The Morgan fingerprint density at radius 3 is 2.45 bits per heavy atom. The van der Waals surface area contributed by atoms with Gasteiger partial charge in [-0.05, 0) is 30.5 Å². The number of aromatic carboxylic acids is 1. The lowest BCUT2D eigenvalue weighted by Gasteiger charge is -2.36. The summed E-state index contributed by atoms with van der Waals surface area (Å²) in [7, 11) is 1.66. The van der Waals surface area contributed by atoms with Gasteiger partial charge in [-0.15, -0.1) is 11.3 Å². The number of rotatable bonds is 4. The summed E-state index contributed by atoms with van der Waals surface area (Å²) in [4.78, 5) is 15.6. The molecule has 1 saturated carbocycles. The molecular formula is C17H19NO3S. The Labute approximate surface area is 133 Å². The van der Waals surface area contributed by atoms with Crippen LogP contribution in [0, 0.1) is 0 Å². The molecular weight excluding hydrogens is 298 g/mol. The van der Waals surface area contributed by atoms with Gasteiger partial charge in [0.2, 0.25) is 0 Å². The van der Waals surface area contributed by atoms with Gasteiger partial charge in [-0.25, -0.2) is 9.78 Å². The number of ether oxygens (including phenoxy) is 1. The van der Waals surface area contributed by atoms with Crippen molar-refractivity contribution >= 4 is 17.3 Å². The summed E-state index contributed by atoms with van der Waals surface area (Å²) in [5.41, 5.74) is 1.21. The van der Waals surface area contributed by atoms with Crippen molar-refractivity contribution < 1.29 is 14.6 Å². The minimum absolute atomic E-state index is 0.150. The summed E-state index contributed by atoms with van der Waals surface area (Å²) in [6, 6.07) is 8.12. The van der Waals surface area contributed by atoms with Crippen molar-refractivity contribution in [3.05, 3.63) is 45.9 Å². The van der Waals surface area contributed by atoms with Gasteiger partial charge >= 0.3 is 5.97 Å². The summed E-state index contributed by atoms with van der Waals surface area (Å²) in [6.45, 7) is 0. The monoisotopic (exact) mass is 317 g/mol. The number of carboxylic acids is 1. The average Bonchev–Trinajstić information content (AvgIpc) is 3.06. The molecule has 2 aromatic rings. The van der Waals surface area contributed by atoms with Gasteiger partial charge in [0.05, 0.1) is 7.11 Å². The number of methoxy groups -OCH3 is 1. The van der Waals surface area contributed by atoms with Gasteiger partial charge in [0, 0.05) is 10.8 Å². The quantitative estimate of drug-likeness (QED) is 0.922. The number of carbonyl (C=O) groups is 1. The molecule has 1 N–H and O–H groups in total. The maximum absolute atomic E-state index is 11.1. The van der Waals surface area contributed by atoms with Crippen LogP contribution in [0.15, 0.2) is 29.6 Å². The minimum Gasteiger partial charge on any atom is -0.497 e. The molecule has 5 heteroatoms. The van der Waals surface area contributed by atoms with E-state index in [0.717, 1.165) is 36.4 Å². The topological polar surface area (TPSA) is 59.4 Å². The van der Waals surface area contributed by atoms with Gasteiger partial charge in [-0.1, -0.05) is 31.4 Å². The molecule has 0 aliphatic heterocycles. The van der Waals surface area contributed by atoms with Crippen LogP contribution in [0.5, 0.6) is 5.75 Å². The fourth-order valence-electron chi connectivity index (χ4n) is 3.28. The van der Waals surface area contributed by atoms with Gasteiger partial charge < -0.3 is 9.84 Å². The third kappa shape index (κ3) is 2.61. The Morgan fingerprint density at radius 2 is 1.91 bits per heavy atom. The molecule has 0 atom stereocenters. The first-order chi connectivity index (χ1) is 10.7. The maximum atomic E-state index is 11.1. The van der Waals surface area contributed by atoms with E-state index in [1.165, 1.54) is 23.3 Å². The number of benzene rings is 1. The van der Waals surface area contributed by atoms with Gasteiger partial charge in [-0.3, -0.25) is 0 Å². The third-order valence-electron chi connectivity index (χ3n) is 4.48. The first-order valence-corrected chi connectivity index (χ1v) is 8.37. The molecule has 116 valence electrons. The van der Waals surface area contributed by atoms with Crippen LogP contribution >= 0.6 is 11.3 Å². The van der Waals surface area contributed by atoms with E-state index in [1.54, 1.807) is 12.5 Å². The molecule has 1 aromatic carbocycles. The highest BCUT2D eigenvalue weighted by Crippen LogP contribution is 2.46. The highest BCUT2D eigenvalue weighted by atomic mass is 32.1. The molecule has 22 heavy (non-hydrogen) atoms. The largest absolute Gasteiger partial charge is 0.497 e. The van der Waals surface area contributed by atoms with E-state index in [9.17, 15) is 4.79 Å². The second kappa shape index (κ2) is 6.08. The second-order valence-corrected chi connectivity index (χ2v) is 6.57. The molecule has 1 aromatic heterocycles. The molecule has 0 bridgehead atoms. The lowest BCUT2D eigenvalue weighted by molar-refractivity contribution is 0.0691. The Hall–Kier alpha value is -1.88. The second-order valence-electron chi connectivity index (χ2n) is 5.71. The summed E-state index contributed by atoms with van der Waals surface area (Å²) in [5, 5.41) is 11.7. The van der Waals surface area contributed by atoms with E-state index >= 15 is 0 Å². The van der Waals surface area contributed by atoms with Crippen LogP contribution in [-0.2, 0) is 5.41 Å². The lowest BCUT2D eigenvalue weighted by Crippen LogP contribution is -2.30. The molecule has 1 aliphatic carbocycles.